The molecule has 45 heavy (non-hydrogen) atoms. The van der Waals surface area contributed by atoms with Crippen LogP contribution in [0.3, 0.4) is 0 Å². The summed E-state index contributed by atoms with van der Waals surface area (Å²) in [6, 6.07) is 7.48. The minimum Gasteiger partial charge on any atom is -0.457 e. The quantitative estimate of drug-likeness (QED) is 0.281. The summed E-state index contributed by atoms with van der Waals surface area (Å²) in [6.45, 7) is 9.07. The number of carbonyl (C=O) groups excluding carboxylic acids is 3. The summed E-state index contributed by atoms with van der Waals surface area (Å²) in [6.07, 6.45) is 3.01. The Kier molecular flexibility index (Phi) is 12.4. The van der Waals surface area contributed by atoms with E-state index < -0.39 is 36.5 Å². The number of carbonyl (C=O) groups is 3. The van der Waals surface area contributed by atoms with Crippen molar-refractivity contribution >= 4 is 24.2 Å². The Morgan fingerprint density at radius 2 is 1.80 bits per heavy atom. The maximum absolute atomic E-state index is 13.5. The van der Waals surface area contributed by atoms with Crippen LogP contribution >= 0.6 is 0 Å². The van der Waals surface area contributed by atoms with Crippen molar-refractivity contribution in [1.29, 1.82) is 0 Å². The van der Waals surface area contributed by atoms with Gasteiger partial charge in [0.15, 0.2) is 0 Å². The number of halogens is 1. The first-order valence-corrected chi connectivity index (χ1v) is 16.0. The Morgan fingerprint density at radius 1 is 1.04 bits per heavy atom. The van der Waals surface area contributed by atoms with Gasteiger partial charge >= 0.3 is 18.2 Å². The predicted octanol–water partition coefficient (Wildman–Crippen LogP) is 4.81. The molecular formula is C34H48FN3O7. The Hall–Kier alpha value is -3.44. The normalized spacial score (nSPS) is 29.7. The molecule has 0 bridgehead atoms. The number of piperazine rings is 1. The first-order valence-electron chi connectivity index (χ1n) is 16.0. The highest BCUT2D eigenvalue weighted by atomic mass is 19.1. The van der Waals surface area contributed by atoms with Crippen molar-refractivity contribution in [1.82, 2.24) is 14.7 Å². The second kappa shape index (κ2) is 16.2. The zero-order valence-corrected chi connectivity index (χ0v) is 26.9. The van der Waals surface area contributed by atoms with Gasteiger partial charge < -0.3 is 34.0 Å². The molecule has 248 valence electrons. The molecule has 0 saturated carbocycles. The van der Waals surface area contributed by atoms with Gasteiger partial charge in [0.05, 0.1) is 19.1 Å². The average molecular weight is 630 g/mol. The van der Waals surface area contributed by atoms with Gasteiger partial charge in [-0.2, -0.15) is 0 Å². The van der Waals surface area contributed by atoms with Crippen LogP contribution in [0.15, 0.2) is 42.0 Å². The van der Waals surface area contributed by atoms with Crippen LogP contribution in [-0.4, -0.2) is 109 Å². The Labute approximate surface area is 265 Å². The SMILES string of the molecule is C/C(=C\c1cccc(COC(=O)N2CC[C@@H](F)C2)c1)[C@H]1OC(=O)C[C@H](O)CC[C@H](C)[C@@H](OC(=O)N2CCN(C)CC2)/C=C/[C@@H]1C. The molecule has 0 aliphatic carbocycles. The van der Waals surface area contributed by atoms with E-state index in [0.29, 0.717) is 38.9 Å². The molecule has 3 aliphatic heterocycles. The predicted molar refractivity (Wildman–Crippen MR) is 168 cm³/mol. The molecule has 3 heterocycles. The number of likely N-dealkylation sites (N-methyl/N-ethyl adjacent to an activating group) is 1. The fourth-order valence-corrected chi connectivity index (χ4v) is 5.87. The highest BCUT2D eigenvalue weighted by molar-refractivity contribution is 5.71. The van der Waals surface area contributed by atoms with Gasteiger partial charge in [-0.3, -0.25) is 4.79 Å². The molecule has 0 radical (unpaired) electrons. The van der Waals surface area contributed by atoms with Crippen LogP contribution in [0, 0.1) is 11.8 Å². The molecule has 1 aromatic carbocycles. The van der Waals surface area contributed by atoms with E-state index in [1.807, 2.05) is 70.3 Å². The number of ether oxygens (including phenoxy) is 3. The third-order valence-electron chi connectivity index (χ3n) is 8.80. The second-order valence-electron chi connectivity index (χ2n) is 12.7. The summed E-state index contributed by atoms with van der Waals surface area (Å²) in [7, 11) is 2.03. The first-order chi connectivity index (χ1) is 21.5. The molecule has 2 amide bonds. The van der Waals surface area contributed by atoms with Crippen LogP contribution < -0.4 is 0 Å². The number of cyclic esters (lactones) is 1. The standard InChI is InChI=1S/C34H48FN3O7/c1-23-8-10-29(39)20-31(40)45-32(24(2)9-11-30(23)44-34(42)37-16-14-36(4)15-17-37)25(3)18-26-6-5-7-27(19-26)22-43-33(41)38-13-12-28(35)21-38/h5-7,9,11,18-19,23-24,28-30,32,39H,8,10,12-17,20-22H2,1-4H3/b11-9+,25-18+/t23-,24-,28+,29+,30-,32-/m0/s1. The van der Waals surface area contributed by atoms with E-state index in [2.05, 4.69) is 4.90 Å². The van der Waals surface area contributed by atoms with Crippen LogP contribution in [0.5, 0.6) is 0 Å². The van der Waals surface area contributed by atoms with E-state index in [0.717, 1.165) is 29.8 Å². The fraction of sp³-hybridized carbons (Fsp3) is 0.618. The Balaban J connectivity index is 1.47. The number of likely N-dealkylation sites (tertiary alicyclic amines) is 1. The number of rotatable bonds is 5. The summed E-state index contributed by atoms with van der Waals surface area (Å²) < 4.78 is 30.8. The van der Waals surface area contributed by atoms with Crippen LogP contribution in [0.1, 0.15) is 57.6 Å². The molecule has 1 aromatic rings. The van der Waals surface area contributed by atoms with Gasteiger partial charge in [-0.1, -0.05) is 44.2 Å². The minimum absolute atomic E-state index is 0.0505. The molecule has 6 atom stereocenters. The molecule has 1 N–H and O–H groups in total. The monoisotopic (exact) mass is 629 g/mol. The minimum atomic E-state index is -1.01. The molecule has 11 heteroatoms. The average Bonchev–Trinajstić information content (AvgIpc) is 3.45. The van der Waals surface area contributed by atoms with Crippen molar-refractivity contribution in [2.75, 3.05) is 46.3 Å². The van der Waals surface area contributed by atoms with Crippen molar-refractivity contribution in [3.05, 3.63) is 53.1 Å². The lowest BCUT2D eigenvalue weighted by molar-refractivity contribution is -0.151. The third kappa shape index (κ3) is 10.3. The number of alkyl halides is 1. The first kappa shape index (κ1) is 34.4. The summed E-state index contributed by atoms with van der Waals surface area (Å²) in [4.78, 5) is 43.5. The van der Waals surface area contributed by atoms with E-state index in [-0.39, 0.29) is 37.5 Å². The van der Waals surface area contributed by atoms with Crippen LogP contribution in [0.25, 0.3) is 6.08 Å². The van der Waals surface area contributed by atoms with Crippen molar-refractivity contribution in [2.24, 2.45) is 11.8 Å². The van der Waals surface area contributed by atoms with Gasteiger partial charge in [-0.15, -0.1) is 0 Å². The molecule has 0 unspecified atom stereocenters. The number of aliphatic hydroxyl groups excluding tert-OH is 1. The van der Waals surface area contributed by atoms with E-state index in [1.165, 1.54) is 4.90 Å². The number of benzene rings is 1. The number of esters is 1. The molecule has 4 rings (SSSR count). The van der Waals surface area contributed by atoms with E-state index in [1.54, 1.807) is 4.90 Å². The molecule has 0 spiro atoms. The van der Waals surface area contributed by atoms with Crippen molar-refractivity contribution < 1.29 is 38.1 Å². The van der Waals surface area contributed by atoms with Crippen LogP contribution in [0.4, 0.5) is 14.0 Å². The summed E-state index contributed by atoms with van der Waals surface area (Å²) in [5.74, 6) is -0.807. The second-order valence-corrected chi connectivity index (χ2v) is 12.7. The van der Waals surface area contributed by atoms with Gasteiger partial charge in [0.1, 0.15) is 25.0 Å². The van der Waals surface area contributed by atoms with Gasteiger partial charge in [0.2, 0.25) is 0 Å². The van der Waals surface area contributed by atoms with E-state index in [9.17, 15) is 23.9 Å². The summed E-state index contributed by atoms with van der Waals surface area (Å²) >= 11 is 0. The highest BCUT2D eigenvalue weighted by Crippen LogP contribution is 2.26. The largest absolute Gasteiger partial charge is 0.457 e. The Bertz CT molecular complexity index is 1230. The van der Waals surface area contributed by atoms with Crippen molar-refractivity contribution in [3.8, 4) is 0 Å². The van der Waals surface area contributed by atoms with E-state index >= 15 is 0 Å². The van der Waals surface area contributed by atoms with Crippen molar-refractivity contribution in [2.45, 2.75) is 77.5 Å². The lowest BCUT2D eigenvalue weighted by atomic mass is 9.91. The highest BCUT2D eigenvalue weighted by Gasteiger charge is 2.30. The molecule has 2 fully saturated rings. The molecule has 2 saturated heterocycles. The van der Waals surface area contributed by atoms with Crippen LogP contribution in [0.2, 0.25) is 0 Å². The lowest BCUT2D eigenvalue weighted by Crippen LogP contribution is -2.48. The molecule has 10 nitrogen and oxygen atoms in total. The number of amides is 2. The maximum Gasteiger partial charge on any atom is 0.410 e. The fourth-order valence-electron chi connectivity index (χ4n) is 5.87. The van der Waals surface area contributed by atoms with Gasteiger partial charge in [-0.25, -0.2) is 14.0 Å². The molecule has 0 aromatic heterocycles. The summed E-state index contributed by atoms with van der Waals surface area (Å²) in [5.41, 5.74) is 2.38. The number of aliphatic hydroxyl groups is 1. The van der Waals surface area contributed by atoms with E-state index in [4.69, 9.17) is 14.2 Å². The number of nitrogens with zero attached hydrogens (tertiary/aromatic N) is 3. The smallest absolute Gasteiger partial charge is 0.410 e. The van der Waals surface area contributed by atoms with Gasteiger partial charge in [-0.05, 0) is 68.0 Å². The van der Waals surface area contributed by atoms with Crippen LogP contribution in [-0.2, 0) is 25.6 Å². The maximum atomic E-state index is 13.5. The molecular weight excluding hydrogens is 581 g/mol. The third-order valence-corrected chi connectivity index (χ3v) is 8.80. The van der Waals surface area contributed by atoms with Gasteiger partial charge in [0.25, 0.3) is 0 Å². The lowest BCUT2D eigenvalue weighted by Gasteiger charge is -2.33. The summed E-state index contributed by atoms with van der Waals surface area (Å²) in [5, 5.41) is 10.6. The zero-order chi connectivity index (χ0) is 32.5. The van der Waals surface area contributed by atoms with Gasteiger partial charge in [0, 0.05) is 38.6 Å². The topological polar surface area (TPSA) is 109 Å². The molecule has 3 aliphatic rings. The Morgan fingerprint density at radius 3 is 2.51 bits per heavy atom. The zero-order valence-electron chi connectivity index (χ0n) is 26.9. The number of hydrogen-bond donors (Lipinski definition) is 1. The van der Waals surface area contributed by atoms with Crippen molar-refractivity contribution in [3.63, 3.8) is 0 Å². The number of hydrogen-bond acceptors (Lipinski definition) is 8.